The molecule has 0 N–H and O–H groups in total. The first-order valence-electron chi connectivity index (χ1n) is 6.45. The lowest BCUT2D eigenvalue weighted by Gasteiger charge is -2.44. The summed E-state index contributed by atoms with van der Waals surface area (Å²) in [5, 5.41) is 0. The molecule has 0 aromatic heterocycles. The second-order valence-corrected chi connectivity index (χ2v) is 5.98. The maximum atomic E-state index is 12.1. The molecular weight excluding hydrogens is 216 g/mol. The van der Waals surface area contributed by atoms with E-state index in [9.17, 15) is 9.59 Å². The highest BCUT2D eigenvalue weighted by Gasteiger charge is 2.57. The lowest BCUT2D eigenvalue weighted by Crippen LogP contribution is -2.46. The summed E-state index contributed by atoms with van der Waals surface area (Å²) in [6.45, 7) is 4.48. The van der Waals surface area contributed by atoms with Crippen LogP contribution in [0, 0.1) is 23.2 Å². The molecule has 1 saturated carbocycles. The summed E-state index contributed by atoms with van der Waals surface area (Å²) in [7, 11) is 0. The van der Waals surface area contributed by atoms with Crippen molar-refractivity contribution in [2.75, 3.05) is 6.61 Å². The maximum Gasteiger partial charge on any atom is 0.316 e. The molecule has 3 aliphatic rings. The van der Waals surface area contributed by atoms with Crippen molar-refractivity contribution in [1.82, 2.24) is 0 Å². The minimum Gasteiger partial charge on any atom is -0.460 e. The van der Waals surface area contributed by atoms with Gasteiger partial charge in [-0.05, 0) is 43.3 Å². The maximum absolute atomic E-state index is 12.1. The van der Waals surface area contributed by atoms with Gasteiger partial charge in [0.1, 0.15) is 6.61 Å². The van der Waals surface area contributed by atoms with Gasteiger partial charge >= 0.3 is 5.97 Å². The smallest absolute Gasteiger partial charge is 0.316 e. The quantitative estimate of drug-likeness (QED) is 0.603. The molecule has 0 spiro atoms. The summed E-state index contributed by atoms with van der Waals surface area (Å²) in [5.41, 5.74) is 0.391. The Bertz CT molecular complexity index is 423. The molecule has 2 aliphatic carbocycles. The molecule has 2 fully saturated rings. The van der Waals surface area contributed by atoms with Gasteiger partial charge < -0.3 is 4.74 Å². The molecule has 0 radical (unpaired) electrons. The molecule has 17 heavy (non-hydrogen) atoms. The Hall–Kier alpha value is -1.12. The van der Waals surface area contributed by atoms with Crippen molar-refractivity contribution < 1.29 is 14.3 Å². The zero-order chi connectivity index (χ0) is 12.2. The van der Waals surface area contributed by atoms with Crippen molar-refractivity contribution in [3.05, 3.63) is 11.6 Å². The highest BCUT2D eigenvalue weighted by atomic mass is 16.5. The molecular formula is C14H18O3. The number of carbonyl (C=O) groups excluding carboxylic acids is 2. The molecule has 4 unspecified atom stereocenters. The fourth-order valence-electron chi connectivity index (χ4n) is 3.82. The van der Waals surface area contributed by atoms with Crippen LogP contribution in [-0.4, -0.2) is 18.4 Å². The van der Waals surface area contributed by atoms with Crippen molar-refractivity contribution in [1.29, 1.82) is 0 Å². The Morgan fingerprint density at radius 1 is 1.35 bits per heavy atom. The molecule has 0 amide bonds. The minimum absolute atomic E-state index is 0.0400. The summed E-state index contributed by atoms with van der Waals surface area (Å²) >= 11 is 0. The second kappa shape index (κ2) is 3.44. The van der Waals surface area contributed by atoms with Crippen LogP contribution in [0.15, 0.2) is 11.6 Å². The molecule has 1 heterocycles. The molecule has 1 aliphatic heterocycles. The van der Waals surface area contributed by atoms with Crippen molar-refractivity contribution in [3.8, 4) is 0 Å². The molecule has 0 aromatic carbocycles. The number of carbonyl (C=O) groups is 2. The van der Waals surface area contributed by atoms with Crippen LogP contribution in [0.5, 0.6) is 0 Å². The summed E-state index contributed by atoms with van der Waals surface area (Å²) in [6, 6.07) is 0. The van der Waals surface area contributed by atoms with Crippen molar-refractivity contribution >= 4 is 11.8 Å². The first-order valence-corrected chi connectivity index (χ1v) is 6.45. The fourth-order valence-corrected chi connectivity index (χ4v) is 3.82. The minimum atomic E-state index is -0.515. The highest BCUT2D eigenvalue weighted by Crippen LogP contribution is 2.53. The van der Waals surface area contributed by atoms with E-state index in [0.717, 1.165) is 24.8 Å². The number of rotatable bonds is 0. The third-order valence-corrected chi connectivity index (χ3v) is 4.99. The van der Waals surface area contributed by atoms with Gasteiger partial charge in [-0.25, -0.2) is 0 Å². The third-order valence-electron chi connectivity index (χ3n) is 4.99. The number of ketones is 1. The number of cyclic esters (lactones) is 1. The standard InChI is InChI=1S/C14H18O3/c1-8-3-4-11-10(5-8)12(15)6-9-7-17-13(16)14(9,11)2/h6,8,10-11H,3-5,7H2,1-2H3. The van der Waals surface area contributed by atoms with Crippen LogP contribution in [0.25, 0.3) is 0 Å². The predicted molar refractivity (Wildman–Crippen MR) is 62.2 cm³/mol. The first-order chi connectivity index (χ1) is 8.03. The average Bonchev–Trinajstić information content (AvgIpc) is 2.58. The van der Waals surface area contributed by atoms with E-state index < -0.39 is 5.41 Å². The third kappa shape index (κ3) is 1.34. The van der Waals surface area contributed by atoms with Crippen LogP contribution in [-0.2, 0) is 14.3 Å². The van der Waals surface area contributed by atoms with Crippen LogP contribution < -0.4 is 0 Å². The lowest BCUT2D eigenvalue weighted by atomic mass is 9.57. The molecule has 1 saturated heterocycles. The topological polar surface area (TPSA) is 43.4 Å². The summed E-state index contributed by atoms with van der Waals surface area (Å²) < 4.78 is 5.17. The van der Waals surface area contributed by atoms with Crippen LogP contribution in [0.2, 0.25) is 0 Å². The number of hydrogen-bond acceptors (Lipinski definition) is 3. The van der Waals surface area contributed by atoms with E-state index in [0.29, 0.717) is 12.5 Å². The largest absolute Gasteiger partial charge is 0.460 e. The molecule has 4 atom stereocenters. The van der Waals surface area contributed by atoms with Gasteiger partial charge in [0.15, 0.2) is 5.78 Å². The average molecular weight is 234 g/mol. The van der Waals surface area contributed by atoms with Gasteiger partial charge in [-0.2, -0.15) is 0 Å². The van der Waals surface area contributed by atoms with Gasteiger partial charge in [-0.15, -0.1) is 0 Å². The summed E-state index contributed by atoms with van der Waals surface area (Å²) in [5.74, 6) is 0.892. The van der Waals surface area contributed by atoms with E-state index in [2.05, 4.69) is 6.92 Å². The molecule has 0 bridgehead atoms. The monoisotopic (exact) mass is 234 g/mol. The van der Waals surface area contributed by atoms with E-state index in [1.165, 1.54) is 0 Å². The lowest BCUT2D eigenvalue weighted by molar-refractivity contribution is -0.150. The van der Waals surface area contributed by atoms with E-state index in [1.54, 1.807) is 6.08 Å². The zero-order valence-electron chi connectivity index (χ0n) is 10.4. The van der Waals surface area contributed by atoms with Gasteiger partial charge in [0.2, 0.25) is 0 Å². The van der Waals surface area contributed by atoms with E-state index in [1.807, 2.05) is 6.92 Å². The van der Waals surface area contributed by atoms with Crippen LogP contribution in [0.1, 0.15) is 33.1 Å². The number of ether oxygens (including phenoxy) is 1. The first kappa shape index (κ1) is 11.0. The highest BCUT2D eigenvalue weighted by molar-refractivity contribution is 5.98. The SMILES string of the molecule is CC1CCC2C(C1)C(=O)C=C1COC(=O)C12C. The molecule has 3 heteroatoms. The number of hydrogen-bond donors (Lipinski definition) is 0. The van der Waals surface area contributed by atoms with Gasteiger partial charge in [0, 0.05) is 5.92 Å². The van der Waals surface area contributed by atoms with E-state index in [-0.39, 0.29) is 23.6 Å². The van der Waals surface area contributed by atoms with Crippen LogP contribution in [0.3, 0.4) is 0 Å². The molecule has 92 valence electrons. The van der Waals surface area contributed by atoms with E-state index >= 15 is 0 Å². The molecule has 0 aromatic rings. The second-order valence-electron chi connectivity index (χ2n) is 5.98. The predicted octanol–water partition coefficient (Wildman–Crippen LogP) is 2.11. The van der Waals surface area contributed by atoms with Crippen molar-refractivity contribution in [2.45, 2.75) is 33.1 Å². The Morgan fingerprint density at radius 3 is 2.88 bits per heavy atom. The van der Waals surface area contributed by atoms with Crippen LogP contribution >= 0.6 is 0 Å². The van der Waals surface area contributed by atoms with Gasteiger partial charge in [0.25, 0.3) is 0 Å². The Kier molecular flexibility index (Phi) is 2.22. The normalized spacial score (nSPS) is 44.8. The Balaban J connectivity index is 2.05. The molecule has 3 rings (SSSR count). The fraction of sp³-hybridized carbons (Fsp3) is 0.714. The van der Waals surface area contributed by atoms with Gasteiger partial charge in [-0.1, -0.05) is 13.3 Å². The van der Waals surface area contributed by atoms with Crippen molar-refractivity contribution in [3.63, 3.8) is 0 Å². The number of fused-ring (bicyclic) bond motifs is 3. The Morgan fingerprint density at radius 2 is 2.12 bits per heavy atom. The summed E-state index contributed by atoms with van der Waals surface area (Å²) in [6.07, 6.45) is 4.70. The number of esters is 1. The van der Waals surface area contributed by atoms with Gasteiger partial charge in [0.05, 0.1) is 5.41 Å². The van der Waals surface area contributed by atoms with Crippen molar-refractivity contribution in [2.24, 2.45) is 23.2 Å². The van der Waals surface area contributed by atoms with E-state index in [4.69, 9.17) is 4.74 Å². The Labute approximate surface area is 101 Å². The van der Waals surface area contributed by atoms with Crippen LogP contribution in [0.4, 0.5) is 0 Å². The summed E-state index contributed by atoms with van der Waals surface area (Å²) in [4.78, 5) is 24.1. The zero-order valence-corrected chi connectivity index (χ0v) is 10.4. The van der Waals surface area contributed by atoms with Gasteiger partial charge in [-0.3, -0.25) is 9.59 Å². The molecule has 3 nitrogen and oxygen atoms in total. The number of allylic oxidation sites excluding steroid dienone is 1.